The van der Waals surface area contributed by atoms with Gasteiger partial charge in [-0.05, 0) is 35.9 Å². The smallest absolute Gasteiger partial charge is 0.242 e. The normalized spacial score (nSPS) is 10.8. The van der Waals surface area contributed by atoms with E-state index in [0.29, 0.717) is 23.6 Å². The molecule has 2 aromatic carbocycles. The van der Waals surface area contributed by atoms with E-state index in [1.54, 1.807) is 18.2 Å². The first-order valence-corrected chi connectivity index (χ1v) is 8.74. The van der Waals surface area contributed by atoms with Crippen LogP contribution in [0.15, 0.2) is 42.5 Å². The van der Waals surface area contributed by atoms with E-state index in [1.165, 1.54) is 28.9 Å². The van der Waals surface area contributed by atoms with Crippen molar-refractivity contribution in [2.75, 3.05) is 0 Å². The van der Waals surface area contributed by atoms with Gasteiger partial charge in [0.15, 0.2) is 5.82 Å². The van der Waals surface area contributed by atoms with Crippen LogP contribution >= 0.6 is 11.6 Å². The lowest BCUT2D eigenvalue weighted by molar-refractivity contribution is -0.122. The summed E-state index contributed by atoms with van der Waals surface area (Å²) < 4.78 is 28.1. The average molecular weight is 391 g/mol. The number of rotatable bonds is 6. The molecule has 0 fully saturated rings. The Kier molecular flexibility index (Phi) is 5.81. The fourth-order valence-electron chi connectivity index (χ4n) is 2.51. The second-order valence-electron chi connectivity index (χ2n) is 5.89. The number of amides is 1. The van der Waals surface area contributed by atoms with E-state index in [4.69, 9.17) is 11.6 Å². The molecular weight excluding hydrogens is 374 g/mol. The second-order valence-corrected chi connectivity index (χ2v) is 6.30. The number of nitrogens with zero attached hydrogens (tertiary/aromatic N) is 3. The minimum atomic E-state index is -0.555. The zero-order valence-electron chi connectivity index (χ0n) is 14.5. The summed E-state index contributed by atoms with van der Waals surface area (Å²) in [5, 5.41) is 7.09. The van der Waals surface area contributed by atoms with Crippen molar-refractivity contribution in [1.29, 1.82) is 0 Å². The van der Waals surface area contributed by atoms with Crippen LogP contribution in [0.4, 0.5) is 8.78 Å². The van der Waals surface area contributed by atoms with E-state index in [9.17, 15) is 13.6 Å². The summed E-state index contributed by atoms with van der Waals surface area (Å²) in [6, 6.07) is 10.2. The molecule has 1 amide bonds. The summed E-state index contributed by atoms with van der Waals surface area (Å²) in [6.45, 7) is 2.15. The van der Waals surface area contributed by atoms with Crippen molar-refractivity contribution >= 4 is 17.5 Å². The fourth-order valence-corrected chi connectivity index (χ4v) is 2.63. The Labute approximate surface area is 160 Å². The van der Waals surface area contributed by atoms with Crippen LogP contribution in [0.1, 0.15) is 18.3 Å². The summed E-state index contributed by atoms with van der Waals surface area (Å²) in [5.74, 6) is -0.203. The van der Waals surface area contributed by atoms with Gasteiger partial charge in [0.05, 0.1) is 5.02 Å². The first-order valence-electron chi connectivity index (χ1n) is 8.36. The highest BCUT2D eigenvalue weighted by Gasteiger charge is 2.14. The summed E-state index contributed by atoms with van der Waals surface area (Å²) in [5.41, 5.74) is 1.27. The largest absolute Gasteiger partial charge is 0.350 e. The van der Waals surface area contributed by atoms with Crippen LogP contribution in [0.3, 0.4) is 0 Å². The summed E-state index contributed by atoms with van der Waals surface area (Å²) in [7, 11) is 0. The molecule has 0 bridgehead atoms. The van der Waals surface area contributed by atoms with Crippen molar-refractivity contribution in [3.05, 3.63) is 70.5 Å². The van der Waals surface area contributed by atoms with Gasteiger partial charge >= 0.3 is 0 Å². The molecule has 0 saturated carbocycles. The summed E-state index contributed by atoms with van der Waals surface area (Å²) >= 11 is 5.70. The molecule has 0 aliphatic rings. The quantitative estimate of drug-likeness (QED) is 0.697. The molecule has 0 saturated heterocycles. The van der Waals surface area contributed by atoms with Gasteiger partial charge in [-0.1, -0.05) is 30.7 Å². The first-order chi connectivity index (χ1) is 13.0. The SMILES string of the molecule is CCc1nc(-c2ccc(Cl)c(F)c2)nn1CC(=O)NCc1ccc(F)cc1. The number of halogens is 3. The van der Waals surface area contributed by atoms with Crippen molar-refractivity contribution in [3.8, 4) is 11.4 Å². The third kappa shape index (κ3) is 4.68. The molecule has 140 valence electrons. The molecule has 3 aromatic rings. The number of hydrogen-bond acceptors (Lipinski definition) is 3. The number of aryl methyl sites for hydroxylation is 1. The molecule has 0 unspecified atom stereocenters. The van der Waals surface area contributed by atoms with Crippen LogP contribution in [0.5, 0.6) is 0 Å². The van der Waals surface area contributed by atoms with Crippen LogP contribution in [0.2, 0.25) is 5.02 Å². The van der Waals surface area contributed by atoms with Gasteiger partial charge in [-0.2, -0.15) is 5.10 Å². The van der Waals surface area contributed by atoms with Gasteiger partial charge in [-0.3, -0.25) is 4.79 Å². The minimum Gasteiger partial charge on any atom is -0.350 e. The monoisotopic (exact) mass is 390 g/mol. The Bertz CT molecular complexity index is 957. The van der Waals surface area contributed by atoms with Crippen LogP contribution < -0.4 is 5.32 Å². The zero-order valence-corrected chi connectivity index (χ0v) is 15.3. The topological polar surface area (TPSA) is 59.8 Å². The van der Waals surface area contributed by atoms with Crippen molar-refractivity contribution in [2.24, 2.45) is 0 Å². The Morgan fingerprint density at radius 2 is 1.93 bits per heavy atom. The van der Waals surface area contributed by atoms with E-state index in [2.05, 4.69) is 15.4 Å². The molecular formula is C19H17ClF2N4O. The van der Waals surface area contributed by atoms with E-state index in [1.807, 2.05) is 6.92 Å². The molecule has 1 heterocycles. The van der Waals surface area contributed by atoms with E-state index in [-0.39, 0.29) is 29.8 Å². The number of hydrogen-bond donors (Lipinski definition) is 1. The van der Waals surface area contributed by atoms with Gasteiger partial charge in [-0.25, -0.2) is 18.4 Å². The summed E-state index contributed by atoms with van der Waals surface area (Å²) in [6.07, 6.45) is 0.564. The van der Waals surface area contributed by atoms with Crippen LogP contribution in [-0.4, -0.2) is 20.7 Å². The fraction of sp³-hybridized carbons (Fsp3) is 0.211. The van der Waals surface area contributed by atoms with Crippen molar-refractivity contribution in [2.45, 2.75) is 26.4 Å². The van der Waals surface area contributed by atoms with Crippen LogP contribution in [0, 0.1) is 11.6 Å². The molecule has 0 spiro atoms. The Balaban J connectivity index is 1.70. The molecule has 27 heavy (non-hydrogen) atoms. The molecule has 0 aliphatic heterocycles. The molecule has 5 nitrogen and oxygen atoms in total. The summed E-state index contributed by atoms with van der Waals surface area (Å²) in [4.78, 5) is 16.6. The van der Waals surface area contributed by atoms with Gasteiger partial charge in [0.1, 0.15) is 24.0 Å². The van der Waals surface area contributed by atoms with Gasteiger partial charge in [0, 0.05) is 18.5 Å². The lowest BCUT2D eigenvalue weighted by Crippen LogP contribution is -2.28. The van der Waals surface area contributed by atoms with Gasteiger partial charge in [0.25, 0.3) is 0 Å². The van der Waals surface area contributed by atoms with E-state index < -0.39 is 5.82 Å². The Morgan fingerprint density at radius 3 is 2.59 bits per heavy atom. The van der Waals surface area contributed by atoms with Crippen LogP contribution in [0.25, 0.3) is 11.4 Å². The highest BCUT2D eigenvalue weighted by molar-refractivity contribution is 6.30. The number of carbonyl (C=O) groups is 1. The Hall–Kier alpha value is -2.80. The first kappa shape index (κ1) is 19.0. The lowest BCUT2D eigenvalue weighted by Gasteiger charge is -2.07. The maximum atomic E-state index is 13.7. The molecule has 0 radical (unpaired) electrons. The maximum absolute atomic E-state index is 13.7. The molecule has 8 heteroatoms. The minimum absolute atomic E-state index is 0.0204. The molecule has 3 rings (SSSR count). The van der Waals surface area contributed by atoms with Gasteiger partial charge in [-0.15, -0.1) is 0 Å². The maximum Gasteiger partial charge on any atom is 0.242 e. The second kappa shape index (κ2) is 8.26. The standard InChI is InChI=1S/C19H17ClF2N4O/c1-2-17-24-19(13-5-8-15(20)16(22)9-13)25-26(17)11-18(27)23-10-12-3-6-14(21)7-4-12/h3-9H,2,10-11H2,1H3,(H,23,27). The zero-order chi connectivity index (χ0) is 19.4. The van der Waals surface area contributed by atoms with E-state index in [0.717, 1.165) is 5.56 Å². The van der Waals surface area contributed by atoms with Crippen molar-refractivity contribution in [1.82, 2.24) is 20.1 Å². The molecule has 0 aliphatic carbocycles. The van der Waals surface area contributed by atoms with Gasteiger partial charge < -0.3 is 5.32 Å². The number of aromatic nitrogens is 3. The van der Waals surface area contributed by atoms with Crippen molar-refractivity contribution < 1.29 is 13.6 Å². The Morgan fingerprint density at radius 1 is 1.19 bits per heavy atom. The highest BCUT2D eigenvalue weighted by atomic mass is 35.5. The highest BCUT2D eigenvalue weighted by Crippen LogP contribution is 2.22. The number of benzene rings is 2. The van der Waals surface area contributed by atoms with Crippen molar-refractivity contribution in [3.63, 3.8) is 0 Å². The third-order valence-electron chi connectivity index (χ3n) is 3.94. The number of carbonyl (C=O) groups excluding carboxylic acids is 1. The molecule has 0 atom stereocenters. The predicted molar refractivity (Wildman–Crippen MR) is 98.1 cm³/mol. The van der Waals surface area contributed by atoms with Gasteiger partial charge in [0.2, 0.25) is 5.91 Å². The van der Waals surface area contributed by atoms with E-state index >= 15 is 0 Å². The lowest BCUT2D eigenvalue weighted by atomic mass is 10.2. The predicted octanol–water partition coefficient (Wildman–Crippen LogP) is 3.76. The molecule has 1 aromatic heterocycles. The number of nitrogens with one attached hydrogen (secondary N) is 1. The average Bonchev–Trinajstić information content (AvgIpc) is 3.06. The third-order valence-corrected chi connectivity index (χ3v) is 4.25. The molecule has 1 N–H and O–H groups in total. The van der Waals surface area contributed by atoms with Crippen LogP contribution in [-0.2, 0) is 24.3 Å².